The molecule has 1 saturated heterocycles. The second-order valence-electron chi connectivity index (χ2n) is 4.70. The maximum Gasteiger partial charge on any atom is 0.329 e. The molecule has 4 nitrogen and oxygen atoms in total. The van der Waals surface area contributed by atoms with Crippen LogP contribution < -0.4 is 10.2 Å². The lowest BCUT2D eigenvalue weighted by molar-refractivity contribution is -0.121. The number of nitrogens with one attached hydrogen (secondary N) is 1. The van der Waals surface area contributed by atoms with Crippen molar-refractivity contribution < 1.29 is 22.8 Å². The molecule has 0 bridgehead atoms. The summed E-state index contributed by atoms with van der Waals surface area (Å²) in [5.41, 5.74) is -2.04. The molecule has 7 heteroatoms. The minimum atomic E-state index is -3.02. The molecule has 0 unspecified atom stereocenters. The van der Waals surface area contributed by atoms with Gasteiger partial charge in [0.05, 0.1) is 11.3 Å². The predicted molar refractivity (Wildman–Crippen MR) is 61.5 cm³/mol. The van der Waals surface area contributed by atoms with E-state index in [-0.39, 0.29) is 5.69 Å². The van der Waals surface area contributed by atoms with Gasteiger partial charge in [0, 0.05) is 0 Å². The summed E-state index contributed by atoms with van der Waals surface area (Å²) < 4.78 is 38.4. The molecule has 0 aromatic heterocycles. The fraction of sp³-hybridized carbons (Fsp3) is 0.333. The van der Waals surface area contributed by atoms with Crippen LogP contribution in [0.25, 0.3) is 0 Å². The van der Waals surface area contributed by atoms with Gasteiger partial charge in [0.1, 0.15) is 11.4 Å². The summed E-state index contributed by atoms with van der Waals surface area (Å²) in [7, 11) is 0. The number of halogens is 3. The van der Waals surface area contributed by atoms with Crippen molar-refractivity contribution in [2.24, 2.45) is 0 Å². The number of carbonyl (C=O) groups excluding carboxylic acids is 2. The van der Waals surface area contributed by atoms with E-state index in [1.54, 1.807) is 0 Å². The highest BCUT2D eigenvalue weighted by Gasteiger charge is 2.45. The normalized spacial score (nSPS) is 18.1. The van der Waals surface area contributed by atoms with Gasteiger partial charge in [-0.2, -0.15) is 0 Å². The maximum absolute atomic E-state index is 13.2. The van der Waals surface area contributed by atoms with Gasteiger partial charge in [-0.1, -0.05) is 0 Å². The van der Waals surface area contributed by atoms with Crippen molar-refractivity contribution in [1.82, 2.24) is 5.32 Å². The molecule has 0 saturated carbocycles. The lowest BCUT2D eigenvalue weighted by atomic mass is 10.1. The van der Waals surface area contributed by atoms with Gasteiger partial charge >= 0.3 is 6.03 Å². The standard InChI is InChI=1S/C12H11F3N2O2/c1-12(2)10(18)17(11(19)16-12)6-3-4-8(13)7(5-6)9(14)15/h3-5,9H,1-2H3,(H,16,19). The van der Waals surface area contributed by atoms with Crippen LogP contribution in [0.4, 0.5) is 23.7 Å². The van der Waals surface area contributed by atoms with E-state index in [9.17, 15) is 22.8 Å². The van der Waals surface area contributed by atoms with E-state index in [0.29, 0.717) is 0 Å². The molecule has 1 aromatic carbocycles. The summed E-state index contributed by atoms with van der Waals surface area (Å²) in [5, 5.41) is 2.41. The molecule has 2 rings (SSSR count). The first-order chi connectivity index (χ1) is 8.74. The van der Waals surface area contributed by atoms with Gasteiger partial charge in [-0.3, -0.25) is 4.79 Å². The van der Waals surface area contributed by atoms with Crippen molar-refractivity contribution in [3.8, 4) is 0 Å². The number of imide groups is 1. The van der Waals surface area contributed by atoms with Crippen molar-refractivity contribution in [1.29, 1.82) is 0 Å². The van der Waals surface area contributed by atoms with E-state index in [1.165, 1.54) is 13.8 Å². The number of nitrogens with zero attached hydrogens (tertiary/aromatic N) is 1. The average molecular weight is 272 g/mol. The molecule has 1 aromatic rings. The largest absolute Gasteiger partial charge is 0.329 e. The fourth-order valence-corrected chi connectivity index (χ4v) is 1.82. The van der Waals surface area contributed by atoms with Crippen LogP contribution in [0.2, 0.25) is 0 Å². The van der Waals surface area contributed by atoms with Gasteiger partial charge in [-0.25, -0.2) is 22.9 Å². The molecule has 1 aliphatic rings. The molecule has 19 heavy (non-hydrogen) atoms. The van der Waals surface area contributed by atoms with Crippen molar-refractivity contribution in [3.63, 3.8) is 0 Å². The molecule has 1 N–H and O–H groups in total. The Bertz CT molecular complexity index is 558. The highest BCUT2D eigenvalue weighted by Crippen LogP contribution is 2.30. The Morgan fingerprint density at radius 3 is 2.37 bits per heavy atom. The zero-order chi connectivity index (χ0) is 14.4. The lowest BCUT2D eigenvalue weighted by Gasteiger charge is -2.16. The molecular formula is C12H11F3N2O2. The molecule has 102 valence electrons. The molecule has 1 heterocycles. The maximum atomic E-state index is 13.2. The van der Waals surface area contributed by atoms with Crippen LogP contribution in [0.3, 0.4) is 0 Å². The number of alkyl halides is 2. The van der Waals surface area contributed by atoms with Crippen LogP contribution >= 0.6 is 0 Å². The highest BCUT2D eigenvalue weighted by molar-refractivity contribution is 6.23. The third kappa shape index (κ3) is 2.16. The number of amides is 3. The first-order valence-corrected chi connectivity index (χ1v) is 5.48. The van der Waals surface area contributed by atoms with E-state index in [2.05, 4.69) is 5.32 Å². The number of urea groups is 1. The third-order valence-corrected chi connectivity index (χ3v) is 2.83. The van der Waals surface area contributed by atoms with Gasteiger partial charge in [0.25, 0.3) is 12.3 Å². The first kappa shape index (κ1) is 13.4. The van der Waals surface area contributed by atoms with Gasteiger partial charge < -0.3 is 5.32 Å². The molecular weight excluding hydrogens is 261 g/mol. The number of anilines is 1. The summed E-state index contributed by atoms with van der Waals surface area (Å²) >= 11 is 0. The zero-order valence-electron chi connectivity index (χ0n) is 10.2. The van der Waals surface area contributed by atoms with Crippen LogP contribution in [0.15, 0.2) is 18.2 Å². The van der Waals surface area contributed by atoms with E-state index < -0.39 is 35.3 Å². The van der Waals surface area contributed by atoms with E-state index in [1.807, 2.05) is 0 Å². The van der Waals surface area contributed by atoms with Crippen molar-refractivity contribution >= 4 is 17.6 Å². The minimum absolute atomic E-state index is 0.0789. The summed E-state index contributed by atoms with van der Waals surface area (Å²) in [6, 6.07) is 2.00. The number of hydrogen-bond donors (Lipinski definition) is 1. The minimum Gasteiger partial charge on any atom is -0.323 e. The van der Waals surface area contributed by atoms with E-state index in [0.717, 1.165) is 23.1 Å². The van der Waals surface area contributed by atoms with Crippen molar-refractivity contribution in [2.45, 2.75) is 25.8 Å². The van der Waals surface area contributed by atoms with Gasteiger partial charge in [0.2, 0.25) is 0 Å². The van der Waals surface area contributed by atoms with Gasteiger partial charge in [-0.15, -0.1) is 0 Å². The third-order valence-electron chi connectivity index (χ3n) is 2.83. The number of benzene rings is 1. The van der Waals surface area contributed by atoms with Gasteiger partial charge in [-0.05, 0) is 32.0 Å². The van der Waals surface area contributed by atoms with E-state index in [4.69, 9.17) is 0 Å². The predicted octanol–water partition coefficient (Wildman–Crippen LogP) is 2.60. The smallest absolute Gasteiger partial charge is 0.323 e. The summed E-state index contributed by atoms with van der Waals surface area (Å²) in [6.45, 7) is 2.98. The molecule has 0 radical (unpaired) electrons. The molecule has 1 aliphatic heterocycles. The molecule has 0 aliphatic carbocycles. The van der Waals surface area contributed by atoms with Crippen molar-refractivity contribution in [2.75, 3.05) is 4.90 Å². The second kappa shape index (κ2) is 4.25. The summed E-state index contributed by atoms with van der Waals surface area (Å²) in [4.78, 5) is 24.4. The average Bonchev–Trinajstić information content (AvgIpc) is 2.49. The Kier molecular flexibility index (Phi) is 3.00. The fourth-order valence-electron chi connectivity index (χ4n) is 1.82. The Morgan fingerprint density at radius 2 is 1.89 bits per heavy atom. The monoisotopic (exact) mass is 272 g/mol. The van der Waals surface area contributed by atoms with Crippen LogP contribution in [0, 0.1) is 5.82 Å². The highest BCUT2D eigenvalue weighted by atomic mass is 19.3. The molecule has 1 fully saturated rings. The van der Waals surface area contributed by atoms with Crippen LogP contribution in [0.1, 0.15) is 25.8 Å². The van der Waals surface area contributed by atoms with Crippen LogP contribution in [0.5, 0.6) is 0 Å². The number of hydrogen-bond acceptors (Lipinski definition) is 2. The first-order valence-electron chi connectivity index (χ1n) is 5.48. The summed E-state index contributed by atoms with van der Waals surface area (Å²) in [5.74, 6) is -1.66. The Hall–Kier alpha value is -2.05. The lowest BCUT2D eigenvalue weighted by Crippen LogP contribution is -2.40. The zero-order valence-corrected chi connectivity index (χ0v) is 10.2. The van der Waals surface area contributed by atoms with Gasteiger partial charge in [0.15, 0.2) is 0 Å². The van der Waals surface area contributed by atoms with Crippen LogP contribution in [-0.4, -0.2) is 17.5 Å². The van der Waals surface area contributed by atoms with Crippen LogP contribution in [-0.2, 0) is 4.79 Å². The Morgan fingerprint density at radius 1 is 1.26 bits per heavy atom. The number of carbonyl (C=O) groups is 2. The van der Waals surface area contributed by atoms with E-state index >= 15 is 0 Å². The topological polar surface area (TPSA) is 49.4 Å². The number of rotatable bonds is 2. The second-order valence-corrected chi connectivity index (χ2v) is 4.70. The quantitative estimate of drug-likeness (QED) is 0.841. The molecule has 0 atom stereocenters. The SMILES string of the molecule is CC1(C)NC(=O)N(c2ccc(F)c(C(F)F)c2)C1=O. The Balaban J connectivity index is 2.46. The molecule has 0 spiro atoms. The van der Waals surface area contributed by atoms with Crippen molar-refractivity contribution in [3.05, 3.63) is 29.6 Å². The Labute approximate surface area is 107 Å². The summed E-state index contributed by atoms with van der Waals surface area (Å²) in [6.07, 6.45) is -3.02. The molecule has 3 amide bonds.